The van der Waals surface area contributed by atoms with E-state index in [2.05, 4.69) is 10.2 Å². The second-order valence-electron chi connectivity index (χ2n) is 5.53. The van der Waals surface area contributed by atoms with Gasteiger partial charge in [0.2, 0.25) is 18.2 Å². The first-order valence-electron chi connectivity index (χ1n) is 8.44. The molecule has 0 unspecified atom stereocenters. The molecule has 1 aromatic heterocycles. The molecule has 0 bridgehead atoms. The molecule has 1 aliphatic rings. The Balaban J connectivity index is 1.54. The molecule has 0 spiro atoms. The number of esters is 2. The van der Waals surface area contributed by atoms with E-state index in [4.69, 9.17) is 13.9 Å². The van der Waals surface area contributed by atoms with Crippen molar-refractivity contribution in [3.8, 4) is 11.5 Å². The molecule has 1 aromatic carbocycles. The lowest BCUT2D eigenvalue weighted by atomic mass is 10.1. The van der Waals surface area contributed by atoms with Gasteiger partial charge in [0, 0.05) is 5.56 Å². The van der Waals surface area contributed by atoms with Crippen LogP contribution in [0.4, 0.5) is 0 Å². The van der Waals surface area contributed by atoms with Crippen molar-refractivity contribution in [3.05, 3.63) is 47.3 Å². The average Bonchev–Trinajstić information content (AvgIpc) is 3.34. The summed E-state index contributed by atoms with van der Waals surface area (Å²) >= 11 is 1.24. The molecule has 10 heteroatoms. The van der Waals surface area contributed by atoms with E-state index in [-0.39, 0.29) is 31.4 Å². The van der Waals surface area contributed by atoms with Crippen molar-refractivity contribution in [3.63, 3.8) is 0 Å². The van der Waals surface area contributed by atoms with Gasteiger partial charge in [0.1, 0.15) is 6.61 Å². The number of ether oxygens (including phenoxy) is 2. The Labute approximate surface area is 164 Å². The van der Waals surface area contributed by atoms with Crippen molar-refractivity contribution >= 4 is 29.6 Å². The first-order valence-corrected chi connectivity index (χ1v) is 9.42. The van der Waals surface area contributed by atoms with Gasteiger partial charge in [-0.25, -0.2) is 9.59 Å². The standard InChI is InChI=1S/C18H17N3O6S/c1-2-25-16(23)9-15-21(14(22)10-28-15)7-8-26-18(24)13-5-3-12(4-6-13)17-20-19-11-27-17/h3-6,9,11H,2,7-8,10H2,1H3/b15-9-. The molecule has 0 atom stereocenters. The van der Waals surface area contributed by atoms with Gasteiger partial charge in [-0.2, -0.15) is 0 Å². The van der Waals surface area contributed by atoms with Gasteiger partial charge in [-0.05, 0) is 31.2 Å². The van der Waals surface area contributed by atoms with Crippen molar-refractivity contribution in [2.75, 3.05) is 25.5 Å². The second kappa shape index (κ2) is 9.18. The van der Waals surface area contributed by atoms with Crippen LogP contribution in [0.5, 0.6) is 0 Å². The lowest BCUT2D eigenvalue weighted by Gasteiger charge is -2.16. The highest BCUT2D eigenvalue weighted by molar-refractivity contribution is 8.04. The van der Waals surface area contributed by atoms with E-state index in [0.29, 0.717) is 22.0 Å². The lowest BCUT2D eigenvalue weighted by Crippen LogP contribution is -2.29. The highest BCUT2D eigenvalue weighted by atomic mass is 32.2. The Hall–Kier alpha value is -3.14. The van der Waals surface area contributed by atoms with Crippen molar-refractivity contribution in [1.82, 2.24) is 15.1 Å². The Morgan fingerprint density at radius 2 is 2.07 bits per heavy atom. The number of rotatable bonds is 7. The molecular formula is C18H17N3O6S. The molecule has 0 aliphatic carbocycles. The van der Waals surface area contributed by atoms with Crippen LogP contribution in [0.2, 0.25) is 0 Å². The maximum atomic E-state index is 12.2. The minimum Gasteiger partial charge on any atom is -0.463 e. The van der Waals surface area contributed by atoms with Crippen molar-refractivity contribution in [1.29, 1.82) is 0 Å². The molecular weight excluding hydrogens is 386 g/mol. The molecule has 1 saturated heterocycles. The molecule has 146 valence electrons. The van der Waals surface area contributed by atoms with Crippen molar-refractivity contribution in [2.24, 2.45) is 0 Å². The summed E-state index contributed by atoms with van der Waals surface area (Å²) in [4.78, 5) is 37.1. The van der Waals surface area contributed by atoms with Gasteiger partial charge in [0.15, 0.2) is 0 Å². The molecule has 9 nitrogen and oxygen atoms in total. The van der Waals surface area contributed by atoms with E-state index < -0.39 is 11.9 Å². The lowest BCUT2D eigenvalue weighted by molar-refractivity contribution is -0.137. The largest absolute Gasteiger partial charge is 0.463 e. The number of thioether (sulfide) groups is 1. The molecule has 1 aliphatic heterocycles. The summed E-state index contributed by atoms with van der Waals surface area (Å²) in [5, 5.41) is 7.88. The summed E-state index contributed by atoms with van der Waals surface area (Å²) < 4.78 is 15.2. The van der Waals surface area contributed by atoms with Crippen molar-refractivity contribution < 1.29 is 28.3 Å². The van der Waals surface area contributed by atoms with Gasteiger partial charge in [-0.3, -0.25) is 4.79 Å². The van der Waals surface area contributed by atoms with E-state index in [1.165, 1.54) is 29.1 Å². The summed E-state index contributed by atoms with van der Waals surface area (Å²) in [5.41, 5.74) is 1.04. The Kier molecular flexibility index (Phi) is 6.43. The molecule has 2 heterocycles. The molecule has 28 heavy (non-hydrogen) atoms. The Morgan fingerprint density at radius 3 is 2.75 bits per heavy atom. The number of aromatic nitrogens is 2. The van der Waals surface area contributed by atoms with E-state index in [9.17, 15) is 14.4 Å². The molecule has 1 amide bonds. The fraction of sp³-hybridized carbons (Fsp3) is 0.278. The summed E-state index contributed by atoms with van der Waals surface area (Å²) in [6.45, 7) is 2.11. The normalized spacial score (nSPS) is 15.1. The Bertz CT molecular complexity index is 879. The number of carbonyl (C=O) groups excluding carboxylic acids is 3. The zero-order valence-electron chi connectivity index (χ0n) is 15.0. The van der Waals surface area contributed by atoms with E-state index >= 15 is 0 Å². The molecule has 0 N–H and O–H groups in total. The number of hydrogen-bond donors (Lipinski definition) is 0. The zero-order chi connectivity index (χ0) is 19.9. The number of hydrogen-bond acceptors (Lipinski definition) is 9. The predicted molar refractivity (Wildman–Crippen MR) is 98.9 cm³/mol. The monoisotopic (exact) mass is 403 g/mol. The number of benzene rings is 1. The summed E-state index contributed by atoms with van der Waals surface area (Å²) in [6.07, 6.45) is 2.50. The highest BCUT2D eigenvalue weighted by Gasteiger charge is 2.27. The highest BCUT2D eigenvalue weighted by Crippen LogP contribution is 2.28. The van der Waals surface area contributed by atoms with E-state index in [1.807, 2.05) is 0 Å². The number of nitrogens with zero attached hydrogens (tertiary/aromatic N) is 3. The summed E-state index contributed by atoms with van der Waals surface area (Å²) in [7, 11) is 0. The van der Waals surface area contributed by atoms with Gasteiger partial charge in [0.25, 0.3) is 0 Å². The van der Waals surface area contributed by atoms with Crippen LogP contribution in [-0.4, -0.2) is 58.5 Å². The first-order chi connectivity index (χ1) is 13.6. The van der Waals surface area contributed by atoms with Crippen LogP contribution in [0.15, 0.2) is 46.2 Å². The smallest absolute Gasteiger partial charge is 0.338 e. The van der Waals surface area contributed by atoms with Crippen LogP contribution in [0.25, 0.3) is 11.5 Å². The SMILES string of the molecule is CCOC(=O)/C=C1\SCC(=O)N1CCOC(=O)c1ccc(-c2nnco2)cc1. The summed E-state index contributed by atoms with van der Waals surface area (Å²) in [6, 6.07) is 6.52. The molecule has 3 rings (SSSR count). The van der Waals surface area contributed by atoms with Gasteiger partial charge in [0.05, 0.1) is 35.6 Å². The van der Waals surface area contributed by atoms with E-state index in [0.717, 1.165) is 0 Å². The van der Waals surface area contributed by atoms with Crippen molar-refractivity contribution in [2.45, 2.75) is 6.92 Å². The second-order valence-corrected chi connectivity index (χ2v) is 6.52. The quantitative estimate of drug-likeness (QED) is 0.505. The minimum atomic E-state index is -0.521. The van der Waals surface area contributed by atoms with Crippen LogP contribution < -0.4 is 0 Å². The Morgan fingerprint density at radius 1 is 1.29 bits per heavy atom. The first kappa shape index (κ1) is 19.6. The van der Waals surface area contributed by atoms with Gasteiger partial charge < -0.3 is 18.8 Å². The van der Waals surface area contributed by atoms with Crippen LogP contribution >= 0.6 is 11.8 Å². The van der Waals surface area contributed by atoms with Crippen LogP contribution in [0.1, 0.15) is 17.3 Å². The molecule has 2 aromatic rings. The average molecular weight is 403 g/mol. The topological polar surface area (TPSA) is 112 Å². The third kappa shape index (κ3) is 4.77. The minimum absolute atomic E-state index is 0.00326. The summed E-state index contributed by atoms with van der Waals surface area (Å²) in [5.74, 6) is -0.599. The molecule has 0 radical (unpaired) electrons. The third-order valence-electron chi connectivity index (χ3n) is 3.71. The molecule has 1 fully saturated rings. The molecule has 0 saturated carbocycles. The zero-order valence-corrected chi connectivity index (χ0v) is 15.8. The predicted octanol–water partition coefficient (Wildman–Crippen LogP) is 1.87. The fourth-order valence-corrected chi connectivity index (χ4v) is 3.37. The number of amides is 1. The maximum Gasteiger partial charge on any atom is 0.338 e. The van der Waals surface area contributed by atoms with Crippen LogP contribution in [0.3, 0.4) is 0 Å². The van der Waals surface area contributed by atoms with E-state index in [1.54, 1.807) is 31.2 Å². The number of carbonyl (C=O) groups is 3. The third-order valence-corrected chi connectivity index (χ3v) is 4.74. The van der Waals surface area contributed by atoms with Gasteiger partial charge >= 0.3 is 11.9 Å². The van der Waals surface area contributed by atoms with Crippen LogP contribution in [0, 0.1) is 0 Å². The van der Waals surface area contributed by atoms with Crippen LogP contribution in [-0.2, 0) is 19.1 Å². The fourth-order valence-electron chi connectivity index (χ4n) is 2.41. The van der Waals surface area contributed by atoms with Gasteiger partial charge in [-0.1, -0.05) is 11.8 Å². The maximum absolute atomic E-state index is 12.2. The van der Waals surface area contributed by atoms with Gasteiger partial charge in [-0.15, -0.1) is 10.2 Å².